The van der Waals surface area contributed by atoms with Crippen LogP contribution in [0.1, 0.15) is 43.4 Å². The summed E-state index contributed by atoms with van der Waals surface area (Å²) in [5.74, 6) is 0. The molecule has 38 heavy (non-hydrogen) atoms. The van der Waals surface area contributed by atoms with Crippen molar-refractivity contribution >= 4 is 32.0 Å². The van der Waals surface area contributed by atoms with Crippen LogP contribution in [0.3, 0.4) is 0 Å². The molecule has 2 aliphatic rings. The van der Waals surface area contributed by atoms with E-state index in [0.717, 1.165) is 46.1 Å². The molecule has 5 heterocycles. The Morgan fingerprint density at radius 3 is 2.45 bits per heavy atom. The van der Waals surface area contributed by atoms with E-state index >= 15 is 0 Å². The second-order valence-corrected chi connectivity index (χ2v) is 22.0. The topological polar surface area (TPSA) is 67.0 Å². The van der Waals surface area contributed by atoms with Crippen molar-refractivity contribution in [2.45, 2.75) is 50.7 Å². The summed E-state index contributed by atoms with van der Waals surface area (Å²) in [6.45, 7) is 1.06. The molecular formula is C29H33I2N5OS-2. The fourth-order valence-electron chi connectivity index (χ4n) is 5.73. The fourth-order valence-corrected chi connectivity index (χ4v) is 13.7. The third-order valence-corrected chi connectivity index (χ3v) is 19.0. The molecule has 2 unspecified atom stereocenters. The van der Waals surface area contributed by atoms with Crippen LogP contribution in [0.15, 0.2) is 48.8 Å². The zero-order chi connectivity index (χ0) is 26.3. The van der Waals surface area contributed by atoms with Gasteiger partial charge in [0.1, 0.15) is 0 Å². The summed E-state index contributed by atoms with van der Waals surface area (Å²) in [7, 11) is -0.544. The molecule has 2 aliphatic heterocycles. The predicted molar refractivity (Wildman–Crippen MR) is 148 cm³/mol. The second kappa shape index (κ2) is 11.2. The molecule has 0 aliphatic carbocycles. The van der Waals surface area contributed by atoms with Crippen LogP contribution < -0.4 is 43.5 Å². The maximum absolute atomic E-state index is 9.49. The van der Waals surface area contributed by atoms with Gasteiger partial charge in [0.25, 0.3) is 0 Å². The SMILES string of the molecule is CS(C)(C)C[I-]O[I-]n1c2cnc(C#N)cc2c2cc(-c3ccc(CN4C5CCCC4CC5)cc3)cnc21. The molecule has 0 N–H and O–H groups in total. The number of hydrogen-bond donors (Lipinski definition) is 0. The molecule has 9 heteroatoms. The number of halogens is 2. The molecule has 0 radical (unpaired) electrons. The summed E-state index contributed by atoms with van der Waals surface area (Å²) in [4.78, 5) is 12.0. The molecule has 4 aromatic rings. The van der Waals surface area contributed by atoms with Crippen LogP contribution in [-0.2, 0) is 7.94 Å². The zero-order valence-corrected chi connectivity index (χ0v) is 27.2. The van der Waals surface area contributed by atoms with Gasteiger partial charge in [0.2, 0.25) is 0 Å². The van der Waals surface area contributed by atoms with E-state index in [0.29, 0.717) is 5.69 Å². The Morgan fingerprint density at radius 1 is 0.974 bits per heavy atom. The number of alkyl halides is 1. The van der Waals surface area contributed by atoms with Gasteiger partial charge in [0, 0.05) is 0 Å². The number of fused-ring (bicyclic) bond motifs is 5. The summed E-state index contributed by atoms with van der Waals surface area (Å²) in [6, 6.07) is 16.9. The van der Waals surface area contributed by atoms with Gasteiger partial charge in [-0.2, -0.15) is 0 Å². The van der Waals surface area contributed by atoms with E-state index in [9.17, 15) is 5.26 Å². The first-order valence-corrected chi connectivity index (χ1v) is 20.3. The van der Waals surface area contributed by atoms with Crippen molar-refractivity contribution in [1.29, 1.82) is 5.26 Å². The number of nitrogens with zero attached hydrogens (tertiary/aromatic N) is 5. The predicted octanol–water partition coefficient (Wildman–Crippen LogP) is 0.0793. The first-order chi connectivity index (χ1) is 18.4. The van der Waals surface area contributed by atoms with Crippen molar-refractivity contribution in [1.82, 2.24) is 17.6 Å². The number of piperidine rings is 1. The molecule has 0 spiro atoms. The molecule has 202 valence electrons. The molecule has 2 saturated heterocycles. The quantitative estimate of drug-likeness (QED) is 0.145. The van der Waals surface area contributed by atoms with E-state index in [2.05, 4.69) is 67.8 Å². The van der Waals surface area contributed by atoms with E-state index in [4.69, 9.17) is 6.38 Å². The molecule has 6 rings (SSSR count). The van der Waals surface area contributed by atoms with Gasteiger partial charge in [-0.15, -0.1) is 0 Å². The summed E-state index contributed by atoms with van der Waals surface area (Å²) in [5, 5.41) is 11.6. The summed E-state index contributed by atoms with van der Waals surface area (Å²) < 4.78 is 9.72. The third kappa shape index (κ3) is 5.57. The molecule has 0 amide bonds. The van der Waals surface area contributed by atoms with Gasteiger partial charge in [0.15, 0.2) is 0 Å². The summed E-state index contributed by atoms with van der Waals surface area (Å²) in [5.41, 5.74) is 6.03. The van der Waals surface area contributed by atoms with Crippen LogP contribution >= 0.6 is 10.0 Å². The van der Waals surface area contributed by atoms with Gasteiger partial charge in [0.05, 0.1) is 0 Å². The number of nitriles is 1. The van der Waals surface area contributed by atoms with Crippen molar-refractivity contribution in [3.8, 4) is 17.2 Å². The molecule has 2 atom stereocenters. The number of hydrogen-bond acceptors (Lipinski definition) is 5. The molecule has 2 fully saturated rings. The van der Waals surface area contributed by atoms with E-state index in [1.165, 1.54) is 47.0 Å². The van der Waals surface area contributed by atoms with Crippen molar-refractivity contribution < 1.29 is 44.9 Å². The van der Waals surface area contributed by atoms with Crippen molar-refractivity contribution in [3.05, 3.63) is 60.0 Å². The standard InChI is InChI=1S/C29H33I2N5OS/c1-38(2,3)19-30-37-31-36-28-17-33-23(15-32)14-26(28)27-13-22(16-34-29(27)36)21-9-7-20(8-10-21)18-35-24-5-4-6-25(35)12-11-24/h7-10,13-14,16-17,24-25H,4-6,11-12,18-19H2,1-3H3/q-2. The first kappa shape index (κ1) is 26.7. The fraction of sp³-hybridized carbons (Fsp3) is 0.414. The zero-order valence-electron chi connectivity index (χ0n) is 22.0. The van der Waals surface area contributed by atoms with E-state index in [1.54, 1.807) is 0 Å². The van der Waals surface area contributed by atoms with Crippen LogP contribution in [0.25, 0.3) is 33.1 Å². The maximum atomic E-state index is 9.49. The van der Waals surface area contributed by atoms with Gasteiger partial charge < -0.3 is 0 Å². The summed E-state index contributed by atoms with van der Waals surface area (Å²) >= 11 is -0.991. The van der Waals surface area contributed by atoms with Crippen molar-refractivity contribution in [2.24, 2.45) is 0 Å². The molecule has 6 nitrogen and oxygen atoms in total. The van der Waals surface area contributed by atoms with Gasteiger partial charge in [-0.25, -0.2) is 0 Å². The van der Waals surface area contributed by atoms with E-state index in [1.807, 2.05) is 18.5 Å². The van der Waals surface area contributed by atoms with Gasteiger partial charge in [-0.1, -0.05) is 6.42 Å². The van der Waals surface area contributed by atoms with Gasteiger partial charge >= 0.3 is 218 Å². The normalized spacial score (nSPS) is 20.5. The van der Waals surface area contributed by atoms with Crippen LogP contribution in [0, 0.1) is 11.3 Å². The third-order valence-electron chi connectivity index (χ3n) is 7.56. The molecule has 2 bridgehead atoms. The number of rotatable bonds is 8. The van der Waals surface area contributed by atoms with Gasteiger partial charge in [-0.05, 0) is 25.7 Å². The Bertz CT molecular complexity index is 1490. The van der Waals surface area contributed by atoms with Crippen LogP contribution in [0.5, 0.6) is 0 Å². The van der Waals surface area contributed by atoms with Gasteiger partial charge in [-0.3, -0.25) is 0 Å². The second-order valence-electron chi connectivity index (χ2n) is 11.2. The molecular weight excluding hydrogens is 720 g/mol. The Kier molecular flexibility index (Phi) is 7.88. The average Bonchev–Trinajstić information content (AvgIpc) is 3.32. The monoisotopic (exact) mass is 753 g/mol. The van der Waals surface area contributed by atoms with Crippen LogP contribution in [0.2, 0.25) is 0 Å². The minimum atomic E-state index is -0.702. The van der Waals surface area contributed by atoms with Crippen molar-refractivity contribution in [2.75, 3.05) is 22.5 Å². The Morgan fingerprint density at radius 2 is 1.74 bits per heavy atom. The average molecular weight is 753 g/mol. The Balaban J connectivity index is 1.28. The number of benzene rings is 1. The van der Waals surface area contributed by atoms with E-state index < -0.39 is 31.9 Å². The Labute approximate surface area is 248 Å². The number of aromatic nitrogens is 3. The Hall–Kier alpha value is -1.46. The minimum absolute atomic E-state index is 0.289. The van der Waals surface area contributed by atoms with Crippen LogP contribution in [-0.4, -0.2) is 52.3 Å². The first-order valence-electron chi connectivity index (χ1n) is 13.0. The summed E-state index contributed by atoms with van der Waals surface area (Å²) in [6.07, 6.45) is 17.7. The van der Waals surface area contributed by atoms with Crippen molar-refractivity contribution in [3.63, 3.8) is 0 Å². The molecule has 0 saturated carbocycles. The molecule has 3 aromatic heterocycles. The molecule has 1 aromatic carbocycles. The van der Waals surface area contributed by atoms with E-state index in [-0.39, 0.29) is 21.6 Å². The number of pyridine rings is 2. The van der Waals surface area contributed by atoms with Crippen LogP contribution in [0.4, 0.5) is 0 Å².